The molecule has 3 rings (SSSR count). The zero-order valence-electron chi connectivity index (χ0n) is 13.3. The number of hydrogen-bond donors (Lipinski definition) is 3. The lowest BCUT2D eigenvalue weighted by molar-refractivity contribution is -0.0119. The summed E-state index contributed by atoms with van der Waals surface area (Å²) in [6.07, 6.45) is -1.83. The number of hydroxylamine groups is 2. The van der Waals surface area contributed by atoms with Crippen molar-refractivity contribution in [2.24, 2.45) is 9.98 Å². The fourth-order valence-electron chi connectivity index (χ4n) is 2.34. The van der Waals surface area contributed by atoms with Gasteiger partial charge in [0.15, 0.2) is 0 Å². The number of carboxylic acid groups (broad SMARTS) is 2. The molecule has 0 amide bonds. The summed E-state index contributed by atoms with van der Waals surface area (Å²) in [5.74, 6) is 0.562. The number of fused-ring (bicyclic) bond motifs is 1. The summed E-state index contributed by atoms with van der Waals surface area (Å²) in [4.78, 5) is 17.2. The normalized spacial score (nSPS) is 14.8. The van der Waals surface area contributed by atoms with Gasteiger partial charge in [0.05, 0.1) is 11.1 Å². The van der Waals surface area contributed by atoms with E-state index in [9.17, 15) is 5.21 Å². The molecule has 0 bridgehead atoms. The molecule has 25 heavy (non-hydrogen) atoms. The van der Waals surface area contributed by atoms with Crippen LogP contribution in [0.4, 0.5) is 4.79 Å². The second kappa shape index (κ2) is 8.27. The lowest BCUT2D eigenvalue weighted by Crippen LogP contribution is -2.31. The topological polar surface area (TPSA) is 106 Å². The maximum absolute atomic E-state index is 10.5. The van der Waals surface area contributed by atoms with Crippen molar-refractivity contribution in [3.05, 3.63) is 69.7 Å². The van der Waals surface area contributed by atoms with E-state index in [1.54, 1.807) is 13.1 Å². The monoisotopic (exact) mass is 361 g/mol. The maximum Gasteiger partial charge on any atom is 0.503 e. The molecule has 130 valence electrons. The van der Waals surface area contributed by atoms with Crippen molar-refractivity contribution in [2.75, 3.05) is 13.6 Å². The highest BCUT2D eigenvalue weighted by Crippen LogP contribution is 2.15. The Kier molecular flexibility index (Phi) is 6.10. The first kappa shape index (κ1) is 18.4. The first-order chi connectivity index (χ1) is 11.9. The number of halogens is 1. The van der Waals surface area contributed by atoms with E-state index in [4.69, 9.17) is 26.6 Å². The van der Waals surface area contributed by atoms with Crippen LogP contribution in [0.15, 0.2) is 58.5 Å². The average molecular weight is 362 g/mol. The molecule has 0 aromatic heterocycles. The number of hydrogen-bond acceptors (Lipinski definition) is 4. The predicted molar refractivity (Wildman–Crippen MR) is 93.7 cm³/mol. The van der Waals surface area contributed by atoms with Gasteiger partial charge in [0.1, 0.15) is 12.4 Å². The van der Waals surface area contributed by atoms with Gasteiger partial charge in [0.25, 0.3) is 0 Å². The van der Waals surface area contributed by atoms with Crippen molar-refractivity contribution >= 4 is 29.3 Å². The highest BCUT2D eigenvalue weighted by Gasteiger charge is 2.17. The minimum atomic E-state index is -1.83. The molecule has 2 aromatic rings. The average Bonchev–Trinajstić information content (AvgIpc) is 2.70. The molecule has 0 saturated heterocycles. The predicted octanol–water partition coefficient (Wildman–Crippen LogP) is 2.07. The van der Waals surface area contributed by atoms with E-state index in [-0.39, 0.29) is 6.54 Å². The summed E-state index contributed by atoms with van der Waals surface area (Å²) in [6.45, 7) is 0.229. The zero-order valence-corrected chi connectivity index (χ0v) is 14.1. The van der Waals surface area contributed by atoms with E-state index in [2.05, 4.69) is 9.98 Å². The number of benzene rings is 2. The van der Waals surface area contributed by atoms with E-state index in [1.807, 2.05) is 42.5 Å². The molecule has 0 aliphatic carbocycles. The second-order valence-corrected chi connectivity index (χ2v) is 5.40. The second-order valence-electron chi connectivity index (χ2n) is 4.97. The van der Waals surface area contributed by atoms with Crippen molar-refractivity contribution < 1.29 is 20.2 Å². The van der Waals surface area contributed by atoms with Gasteiger partial charge in [-0.1, -0.05) is 41.9 Å². The van der Waals surface area contributed by atoms with Crippen LogP contribution < -0.4 is 10.6 Å². The van der Waals surface area contributed by atoms with Gasteiger partial charge in [-0.15, -0.1) is 0 Å². The van der Waals surface area contributed by atoms with Crippen LogP contribution in [0.25, 0.3) is 5.70 Å². The van der Waals surface area contributed by atoms with Crippen LogP contribution in [-0.4, -0.2) is 46.1 Å². The van der Waals surface area contributed by atoms with E-state index in [1.165, 1.54) is 5.06 Å². The van der Waals surface area contributed by atoms with Crippen LogP contribution in [0.3, 0.4) is 0 Å². The fraction of sp³-hybridized carbons (Fsp3) is 0.118. The van der Waals surface area contributed by atoms with Crippen LogP contribution >= 0.6 is 11.6 Å². The molecule has 1 aliphatic rings. The molecule has 0 atom stereocenters. The number of carbonyl (C=O) groups is 1. The number of amidine groups is 1. The zero-order chi connectivity index (χ0) is 18.4. The summed E-state index contributed by atoms with van der Waals surface area (Å²) >= 11 is 6.12. The van der Waals surface area contributed by atoms with Crippen LogP contribution in [0, 0.1) is 0 Å². The van der Waals surface area contributed by atoms with Gasteiger partial charge in [0.2, 0.25) is 0 Å². The Morgan fingerprint density at radius 2 is 1.84 bits per heavy atom. The summed E-state index contributed by atoms with van der Waals surface area (Å²) in [5, 5.41) is 27.7. The molecule has 0 unspecified atom stereocenters. The van der Waals surface area contributed by atoms with Gasteiger partial charge in [0, 0.05) is 22.9 Å². The minimum Gasteiger partial charge on any atom is -0.450 e. The van der Waals surface area contributed by atoms with Gasteiger partial charge in [-0.3, -0.25) is 10.2 Å². The Balaban J connectivity index is 0.000000511. The van der Waals surface area contributed by atoms with Gasteiger partial charge in [-0.05, 0) is 18.2 Å². The molecular weight excluding hydrogens is 346 g/mol. The maximum atomic E-state index is 10.5. The molecule has 3 N–H and O–H groups in total. The Hall–Kier alpha value is -2.90. The van der Waals surface area contributed by atoms with Gasteiger partial charge >= 0.3 is 6.16 Å². The molecule has 0 fully saturated rings. The van der Waals surface area contributed by atoms with E-state index < -0.39 is 6.16 Å². The quantitative estimate of drug-likeness (QED) is 0.721. The molecular formula is C17H16ClN3O4. The third-order valence-corrected chi connectivity index (χ3v) is 3.55. The molecule has 0 saturated carbocycles. The summed E-state index contributed by atoms with van der Waals surface area (Å²) in [6, 6.07) is 15.1. The number of nitrogens with zero attached hydrogens (tertiary/aromatic N) is 3. The minimum absolute atomic E-state index is 0.229. The van der Waals surface area contributed by atoms with E-state index in [0.717, 1.165) is 16.1 Å². The summed E-state index contributed by atoms with van der Waals surface area (Å²) in [7, 11) is 1.66. The van der Waals surface area contributed by atoms with Crippen LogP contribution in [-0.2, 0) is 0 Å². The van der Waals surface area contributed by atoms with E-state index >= 15 is 0 Å². The lowest BCUT2D eigenvalue weighted by Gasteiger charge is -2.19. The van der Waals surface area contributed by atoms with Crippen molar-refractivity contribution in [1.29, 1.82) is 0 Å². The van der Waals surface area contributed by atoms with Gasteiger partial charge in [-0.2, -0.15) is 0 Å². The first-order valence-corrected chi connectivity index (χ1v) is 7.58. The van der Waals surface area contributed by atoms with Crippen molar-refractivity contribution in [2.45, 2.75) is 0 Å². The Morgan fingerprint density at radius 3 is 2.44 bits per heavy atom. The SMILES string of the molecule is CN=C1CN(O)C(c2ccccc2)=c2cc(Cl)ccc2=N1.O=C(O)O. The molecule has 0 radical (unpaired) electrons. The largest absolute Gasteiger partial charge is 0.503 e. The van der Waals surface area contributed by atoms with Crippen molar-refractivity contribution in [1.82, 2.24) is 5.06 Å². The fourth-order valence-corrected chi connectivity index (χ4v) is 2.52. The third-order valence-electron chi connectivity index (χ3n) is 3.32. The van der Waals surface area contributed by atoms with Crippen LogP contribution in [0.2, 0.25) is 5.02 Å². The highest BCUT2D eigenvalue weighted by atomic mass is 35.5. The van der Waals surface area contributed by atoms with E-state index in [0.29, 0.717) is 16.6 Å². The van der Waals surface area contributed by atoms with Crippen LogP contribution in [0.1, 0.15) is 5.56 Å². The molecule has 1 heterocycles. The van der Waals surface area contributed by atoms with Crippen molar-refractivity contribution in [3.8, 4) is 0 Å². The molecule has 8 heteroatoms. The molecule has 7 nitrogen and oxygen atoms in total. The van der Waals surface area contributed by atoms with Gasteiger partial charge < -0.3 is 10.2 Å². The third kappa shape index (κ3) is 4.79. The molecule has 0 spiro atoms. The molecule has 1 aliphatic heterocycles. The number of aliphatic imine (C=N–C) groups is 1. The highest BCUT2D eigenvalue weighted by molar-refractivity contribution is 6.30. The number of rotatable bonds is 1. The lowest BCUT2D eigenvalue weighted by atomic mass is 10.1. The standard InChI is InChI=1S/C16H14ClN3O.CH2O3/c1-18-15-10-20(21)16(11-5-3-2-4-6-11)13-9-12(17)7-8-14(13)19-15;2-1(3)4/h2-9,21H,10H2,1H3;(H2,2,3,4). The molecule has 2 aromatic carbocycles. The smallest absolute Gasteiger partial charge is 0.450 e. The summed E-state index contributed by atoms with van der Waals surface area (Å²) < 4.78 is 0. The van der Waals surface area contributed by atoms with Gasteiger partial charge in [-0.25, -0.2) is 14.9 Å². The van der Waals surface area contributed by atoms with Crippen molar-refractivity contribution in [3.63, 3.8) is 0 Å². The Bertz CT molecular complexity index is 909. The Morgan fingerprint density at radius 1 is 1.20 bits per heavy atom. The first-order valence-electron chi connectivity index (χ1n) is 7.20. The van der Waals surface area contributed by atoms with Crippen LogP contribution in [0.5, 0.6) is 0 Å². The summed E-state index contributed by atoms with van der Waals surface area (Å²) in [5.41, 5.74) is 1.58. The Labute approximate surface area is 148 Å².